The summed E-state index contributed by atoms with van der Waals surface area (Å²) in [7, 11) is 1.83. The number of benzene rings is 2. The molecule has 0 aliphatic heterocycles. The predicted molar refractivity (Wildman–Crippen MR) is 118 cm³/mol. The van der Waals surface area contributed by atoms with Gasteiger partial charge in [0.1, 0.15) is 18.0 Å². The Morgan fingerprint density at radius 3 is 2.28 bits per heavy atom. The van der Waals surface area contributed by atoms with E-state index < -0.39 is 0 Å². The van der Waals surface area contributed by atoms with Crippen LogP contribution < -0.4 is 21.3 Å². The molecule has 1 aromatic heterocycles. The first-order chi connectivity index (χ1) is 14.1. The number of aryl methyl sites for hydroxylation is 1. The first kappa shape index (κ1) is 20.0. The van der Waals surface area contributed by atoms with Gasteiger partial charge in [-0.25, -0.2) is 9.97 Å². The monoisotopic (exact) mass is 388 g/mol. The maximum Gasteiger partial charge on any atom is 0.248 e. The maximum atomic E-state index is 11.9. The van der Waals surface area contributed by atoms with Crippen LogP contribution in [0.15, 0.2) is 73.1 Å². The van der Waals surface area contributed by atoms with Gasteiger partial charge in [0.25, 0.3) is 0 Å². The molecule has 148 valence electrons. The summed E-state index contributed by atoms with van der Waals surface area (Å²) >= 11 is 0. The number of hydrogen-bond donors (Lipinski definition) is 4. The lowest BCUT2D eigenvalue weighted by molar-refractivity contribution is -0.111. The van der Waals surface area contributed by atoms with Crippen molar-refractivity contribution in [2.24, 2.45) is 0 Å². The fourth-order valence-corrected chi connectivity index (χ4v) is 2.66. The number of amides is 1. The molecule has 1 heterocycles. The van der Waals surface area contributed by atoms with Crippen LogP contribution in [0, 0.1) is 6.92 Å². The van der Waals surface area contributed by atoms with Crippen molar-refractivity contribution in [3.8, 4) is 0 Å². The molecule has 1 amide bonds. The van der Waals surface area contributed by atoms with Crippen LogP contribution in [0.25, 0.3) is 0 Å². The van der Waals surface area contributed by atoms with Crippen molar-refractivity contribution in [1.29, 1.82) is 0 Å². The van der Waals surface area contributed by atoms with Gasteiger partial charge in [0.15, 0.2) is 0 Å². The molecular formula is C22H24N6O. The smallest absolute Gasteiger partial charge is 0.248 e. The van der Waals surface area contributed by atoms with Gasteiger partial charge in [0, 0.05) is 35.7 Å². The Labute approximate surface area is 170 Å². The summed E-state index contributed by atoms with van der Waals surface area (Å²) < 4.78 is 0. The third-order valence-electron chi connectivity index (χ3n) is 3.95. The first-order valence-electron chi connectivity index (χ1n) is 9.27. The highest BCUT2D eigenvalue weighted by Crippen LogP contribution is 2.22. The molecule has 4 N–H and O–H groups in total. The summed E-state index contributed by atoms with van der Waals surface area (Å²) in [6, 6.07) is 17.3. The van der Waals surface area contributed by atoms with E-state index in [-0.39, 0.29) is 5.91 Å². The summed E-state index contributed by atoms with van der Waals surface area (Å²) in [5.74, 6) is 1.16. The molecule has 0 fully saturated rings. The number of nitrogens with one attached hydrogen (secondary N) is 4. The van der Waals surface area contributed by atoms with Gasteiger partial charge in [-0.15, -0.1) is 0 Å². The van der Waals surface area contributed by atoms with E-state index >= 15 is 0 Å². The Bertz CT molecular complexity index is 1000. The van der Waals surface area contributed by atoms with Crippen LogP contribution in [0.4, 0.5) is 28.7 Å². The van der Waals surface area contributed by atoms with Crippen molar-refractivity contribution in [1.82, 2.24) is 15.3 Å². The Morgan fingerprint density at radius 2 is 1.59 bits per heavy atom. The van der Waals surface area contributed by atoms with Gasteiger partial charge in [-0.2, -0.15) is 0 Å². The second kappa shape index (κ2) is 10.0. The number of carbonyl (C=O) groups excluding carboxylic acids is 1. The van der Waals surface area contributed by atoms with Gasteiger partial charge in [-0.05, 0) is 49.9 Å². The maximum absolute atomic E-state index is 11.9. The fourth-order valence-electron chi connectivity index (χ4n) is 2.66. The van der Waals surface area contributed by atoms with Crippen LogP contribution in [0.3, 0.4) is 0 Å². The molecule has 0 aliphatic rings. The average molecular weight is 388 g/mol. The largest absolute Gasteiger partial charge is 0.340 e. The van der Waals surface area contributed by atoms with Gasteiger partial charge < -0.3 is 21.3 Å². The molecule has 0 spiro atoms. The quantitative estimate of drug-likeness (QED) is 0.436. The second-order valence-electron chi connectivity index (χ2n) is 6.44. The van der Waals surface area contributed by atoms with Gasteiger partial charge in [0.05, 0.1) is 0 Å². The molecule has 0 unspecified atom stereocenters. The number of anilines is 5. The molecule has 29 heavy (non-hydrogen) atoms. The SMILES string of the molecule is CNC/C=C/C(=O)Nc1cccc(Nc2cc(Nc3cccc(C)c3)ncn2)c1. The third-order valence-corrected chi connectivity index (χ3v) is 3.95. The van der Waals surface area contributed by atoms with Crippen molar-refractivity contribution in [2.75, 3.05) is 29.5 Å². The lowest BCUT2D eigenvalue weighted by atomic mass is 10.2. The van der Waals surface area contributed by atoms with E-state index in [0.29, 0.717) is 23.9 Å². The van der Waals surface area contributed by atoms with Crippen LogP contribution in [0.2, 0.25) is 0 Å². The van der Waals surface area contributed by atoms with Crippen LogP contribution in [-0.4, -0.2) is 29.5 Å². The Balaban J connectivity index is 1.66. The van der Waals surface area contributed by atoms with Crippen molar-refractivity contribution in [3.63, 3.8) is 0 Å². The molecule has 3 rings (SSSR count). The van der Waals surface area contributed by atoms with Crippen LogP contribution in [0.5, 0.6) is 0 Å². The molecule has 7 nitrogen and oxygen atoms in total. The van der Waals surface area contributed by atoms with Crippen molar-refractivity contribution in [2.45, 2.75) is 6.92 Å². The molecule has 0 aliphatic carbocycles. The summed E-state index contributed by atoms with van der Waals surface area (Å²) in [6.45, 7) is 2.68. The van der Waals surface area contributed by atoms with Crippen LogP contribution >= 0.6 is 0 Å². The summed E-state index contributed by atoms with van der Waals surface area (Å²) in [5, 5.41) is 12.3. The van der Waals surface area contributed by atoms with Gasteiger partial charge in [-0.1, -0.05) is 24.3 Å². The highest BCUT2D eigenvalue weighted by Gasteiger charge is 2.03. The van der Waals surface area contributed by atoms with E-state index in [9.17, 15) is 4.79 Å². The number of hydrogen-bond acceptors (Lipinski definition) is 6. The van der Waals surface area contributed by atoms with E-state index in [2.05, 4.69) is 31.2 Å². The lowest BCUT2D eigenvalue weighted by Crippen LogP contribution is -2.10. The van der Waals surface area contributed by atoms with E-state index in [1.165, 1.54) is 18.0 Å². The zero-order chi connectivity index (χ0) is 20.5. The Kier molecular flexibility index (Phi) is 6.91. The van der Waals surface area contributed by atoms with E-state index in [1.807, 2.05) is 68.6 Å². The summed E-state index contributed by atoms with van der Waals surface area (Å²) in [4.78, 5) is 20.5. The molecular weight excluding hydrogens is 364 g/mol. The molecule has 0 bridgehead atoms. The van der Waals surface area contributed by atoms with Gasteiger partial charge in [-0.3, -0.25) is 4.79 Å². The Morgan fingerprint density at radius 1 is 0.931 bits per heavy atom. The van der Waals surface area contributed by atoms with Crippen molar-refractivity contribution in [3.05, 3.63) is 78.6 Å². The average Bonchev–Trinajstić information content (AvgIpc) is 2.69. The minimum Gasteiger partial charge on any atom is -0.340 e. The molecule has 0 atom stereocenters. The van der Waals surface area contributed by atoms with E-state index in [1.54, 1.807) is 6.08 Å². The number of nitrogens with zero attached hydrogens (tertiary/aromatic N) is 2. The minimum atomic E-state index is -0.177. The molecule has 0 radical (unpaired) electrons. The van der Waals surface area contributed by atoms with Crippen molar-refractivity contribution < 1.29 is 4.79 Å². The third kappa shape index (κ3) is 6.44. The number of aromatic nitrogens is 2. The number of carbonyl (C=O) groups is 1. The highest BCUT2D eigenvalue weighted by atomic mass is 16.1. The molecule has 2 aromatic carbocycles. The first-order valence-corrected chi connectivity index (χ1v) is 9.27. The summed E-state index contributed by atoms with van der Waals surface area (Å²) in [5.41, 5.74) is 3.64. The van der Waals surface area contributed by atoms with E-state index in [4.69, 9.17) is 0 Å². The predicted octanol–water partition coefficient (Wildman–Crippen LogP) is 3.99. The topological polar surface area (TPSA) is 91.0 Å². The minimum absolute atomic E-state index is 0.177. The van der Waals surface area contributed by atoms with E-state index in [0.717, 1.165) is 11.4 Å². The van der Waals surface area contributed by atoms with Crippen LogP contribution in [0.1, 0.15) is 5.56 Å². The van der Waals surface area contributed by atoms with Crippen LogP contribution in [-0.2, 0) is 4.79 Å². The summed E-state index contributed by atoms with van der Waals surface area (Å²) in [6.07, 6.45) is 4.77. The molecule has 7 heteroatoms. The second-order valence-corrected chi connectivity index (χ2v) is 6.44. The van der Waals surface area contributed by atoms with Gasteiger partial charge >= 0.3 is 0 Å². The molecule has 0 saturated carbocycles. The number of likely N-dealkylation sites (N-methyl/N-ethyl adjacent to an activating group) is 1. The standard InChI is InChI=1S/C22H24N6O/c1-16-6-3-7-17(12-16)26-20-14-21(25-15-24-20)27-18-8-4-9-19(13-18)28-22(29)10-5-11-23-2/h3-10,12-15,23H,11H2,1-2H3,(H,28,29)(H2,24,25,26,27)/b10-5+. The fraction of sp³-hybridized carbons (Fsp3) is 0.136. The number of rotatable bonds is 8. The van der Waals surface area contributed by atoms with Gasteiger partial charge in [0.2, 0.25) is 5.91 Å². The highest BCUT2D eigenvalue weighted by molar-refractivity contribution is 5.99. The lowest BCUT2D eigenvalue weighted by Gasteiger charge is -2.10. The Hall–Kier alpha value is -3.71. The molecule has 0 saturated heterocycles. The normalized spacial score (nSPS) is 10.7. The zero-order valence-electron chi connectivity index (χ0n) is 16.4. The zero-order valence-corrected chi connectivity index (χ0v) is 16.4. The molecule has 3 aromatic rings. The van der Waals surface area contributed by atoms with Crippen molar-refractivity contribution >= 4 is 34.6 Å².